The lowest BCUT2D eigenvalue weighted by atomic mass is 10.3. The molecule has 0 heterocycles. The van der Waals surface area contributed by atoms with Crippen LogP contribution >= 0.6 is 46.4 Å². The van der Waals surface area contributed by atoms with Gasteiger partial charge in [-0.1, -0.05) is 0 Å². The van der Waals surface area contributed by atoms with Crippen molar-refractivity contribution in [2.24, 2.45) is 0 Å². The Hall–Kier alpha value is 1.04. The van der Waals surface area contributed by atoms with E-state index in [2.05, 4.69) is 0 Å². The van der Waals surface area contributed by atoms with Gasteiger partial charge in [0.15, 0.2) is 0 Å². The molecule has 0 rings (SSSR count). The first-order valence-corrected chi connectivity index (χ1v) is 8.28. The van der Waals surface area contributed by atoms with Crippen LogP contribution in [-0.4, -0.2) is 62.2 Å². The summed E-state index contributed by atoms with van der Waals surface area (Å²) in [5.41, 5.74) is 0. The topological polar surface area (TPSA) is 27.7 Å². The fourth-order valence-electron chi connectivity index (χ4n) is 1.23. The van der Waals surface area contributed by atoms with Crippen LogP contribution in [0.25, 0.3) is 0 Å². The van der Waals surface area contributed by atoms with E-state index in [0.717, 1.165) is 12.8 Å². The second-order valence-electron chi connectivity index (χ2n) is 3.91. The third kappa shape index (κ3) is 15.3. The number of alkyl halides is 4. The summed E-state index contributed by atoms with van der Waals surface area (Å²) >= 11 is 23.1. The first-order chi connectivity index (χ1) is 9.20. The number of ether oxygens (including phenoxy) is 3. The van der Waals surface area contributed by atoms with Crippen molar-refractivity contribution < 1.29 is 14.2 Å². The fourth-order valence-corrected chi connectivity index (χ4v) is 1.80. The Morgan fingerprint density at radius 1 is 0.632 bits per heavy atom. The zero-order chi connectivity index (χ0) is 14.3. The molecule has 7 heteroatoms. The predicted molar refractivity (Wildman–Crippen MR) is 82.4 cm³/mol. The molecule has 0 N–H and O–H groups in total. The van der Waals surface area contributed by atoms with Gasteiger partial charge in [0.25, 0.3) is 0 Å². The highest BCUT2D eigenvalue weighted by atomic mass is 35.5. The van der Waals surface area contributed by atoms with Crippen LogP contribution in [0.15, 0.2) is 0 Å². The van der Waals surface area contributed by atoms with E-state index in [1.165, 1.54) is 0 Å². The van der Waals surface area contributed by atoms with Crippen molar-refractivity contribution in [3.05, 3.63) is 0 Å². The quantitative estimate of drug-likeness (QED) is 0.352. The highest BCUT2D eigenvalue weighted by Gasteiger charge is 2.08. The summed E-state index contributed by atoms with van der Waals surface area (Å²) in [6.07, 6.45) is 1.48. The molecule has 0 aliphatic rings. The molecule has 0 amide bonds. The smallest absolute Gasteiger partial charge is 0.0631 e. The van der Waals surface area contributed by atoms with Gasteiger partial charge in [0.2, 0.25) is 0 Å². The van der Waals surface area contributed by atoms with E-state index in [0.29, 0.717) is 51.4 Å². The van der Waals surface area contributed by atoms with E-state index < -0.39 is 0 Å². The van der Waals surface area contributed by atoms with Gasteiger partial charge in [-0.25, -0.2) is 0 Å². The van der Waals surface area contributed by atoms with Gasteiger partial charge in [-0.05, 0) is 12.8 Å². The molecule has 0 bridgehead atoms. The van der Waals surface area contributed by atoms with Crippen molar-refractivity contribution in [2.75, 3.05) is 51.4 Å². The zero-order valence-corrected chi connectivity index (χ0v) is 14.0. The highest BCUT2D eigenvalue weighted by molar-refractivity contribution is 6.21. The molecule has 0 saturated heterocycles. The first-order valence-electron chi connectivity index (χ1n) is 6.34. The minimum atomic E-state index is -0.0632. The van der Waals surface area contributed by atoms with Crippen molar-refractivity contribution in [1.29, 1.82) is 0 Å². The van der Waals surface area contributed by atoms with E-state index >= 15 is 0 Å². The second kappa shape index (κ2) is 15.4. The lowest BCUT2D eigenvalue weighted by Crippen LogP contribution is -2.18. The SMILES string of the molecule is ClCCOCCC(Cl)COCC(Cl)CCOCCCl. The maximum atomic E-state index is 6.07. The van der Waals surface area contributed by atoms with Crippen molar-refractivity contribution >= 4 is 46.4 Å². The number of halogens is 4. The molecular formula is C12H22Cl4O3. The first kappa shape index (κ1) is 20.0. The highest BCUT2D eigenvalue weighted by Crippen LogP contribution is 2.07. The van der Waals surface area contributed by atoms with Crippen LogP contribution in [0, 0.1) is 0 Å². The molecule has 116 valence electrons. The lowest BCUT2D eigenvalue weighted by Gasteiger charge is -2.13. The monoisotopic (exact) mass is 354 g/mol. The van der Waals surface area contributed by atoms with Gasteiger partial charge in [0.05, 0.1) is 37.2 Å². The van der Waals surface area contributed by atoms with Crippen LogP contribution in [0.1, 0.15) is 12.8 Å². The summed E-state index contributed by atoms with van der Waals surface area (Å²) in [5, 5.41) is -0.126. The van der Waals surface area contributed by atoms with Crippen LogP contribution in [-0.2, 0) is 14.2 Å². The predicted octanol–water partition coefficient (Wildman–Crippen LogP) is 3.51. The molecule has 0 aromatic carbocycles. The molecule has 0 aromatic rings. The Morgan fingerprint density at radius 2 is 1.05 bits per heavy atom. The van der Waals surface area contributed by atoms with Gasteiger partial charge in [0, 0.05) is 25.0 Å². The molecule has 0 aromatic heterocycles. The van der Waals surface area contributed by atoms with Crippen LogP contribution in [0.4, 0.5) is 0 Å². The Bertz CT molecular complexity index is 168. The van der Waals surface area contributed by atoms with E-state index in [4.69, 9.17) is 60.6 Å². The maximum Gasteiger partial charge on any atom is 0.0631 e. The Labute approximate surface area is 135 Å². The van der Waals surface area contributed by atoms with Gasteiger partial charge in [0.1, 0.15) is 0 Å². The molecule has 0 aliphatic heterocycles. The van der Waals surface area contributed by atoms with Crippen molar-refractivity contribution in [3.63, 3.8) is 0 Å². The summed E-state index contributed by atoms with van der Waals surface area (Å²) in [6.45, 7) is 3.24. The number of hydrogen-bond acceptors (Lipinski definition) is 3. The average Bonchev–Trinajstić information content (AvgIpc) is 2.40. The summed E-state index contributed by atoms with van der Waals surface area (Å²) in [6, 6.07) is 0. The Morgan fingerprint density at radius 3 is 1.42 bits per heavy atom. The minimum Gasteiger partial charge on any atom is -0.380 e. The molecule has 0 spiro atoms. The van der Waals surface area contributed by atoms with Crippen LogP contribution < -0.4 is 0 Å². The number of hydrogen-bond donors (Lipinski definition) is 0. The summed E-state index contributed by atoms with van der Waals surface area (Å²) < 4.78 is 15.9. The van der Waals surface area contributed by atoms with E-state index in [-0.39, 0.29) is 10.8 Å². The number of rotatable bonds is 14. The van der Waals surface area contributed by atoms with Crippen molar-refractivity contribution in [3.8, 4) is 0 Å². The van der Waals surface area contributed by atoms with Gasteiger partial charge in [-0.3, -0.25) is 0 Å². The average molecular weight is 356 g/mol. The summed E-state index contributed by atoms with van der Waals surface area (Å²) in [5.74, 6) is 1.01. The summed E-state index contributed by atoms with van der Waals surface area (Å²) in [4.78, 5) is 0. The van der Waals surface area contributed by atoms with Crippen molar-refractivity contribution in [2.45, 2.75) is 23.6 Å². The fraction of sp³-hybridized carbons (Fsp3) is 1.00. The maximum absolute atomic E-state index is 6.07. The Kier molecular flexibility index (Phi) is 16.3. The third-order valence-electron chi connectivity index (χ3n) is 2.19. The minimum absolute atomic E-state index is 0.0632. The molecule has 0 aliphatic carbocycles. The molecule has 0 fully saturated rings. The molecule has 3 nitrogen and oxygen atoms in total. The van der Waals surface area contributed by atoms with E-state index in [1.807, 2.05) is 0 Å². The third-order valence-corrected chi connectivity index (χ3v) is 3.19. The van der Waals surface area contributed by atoms with Crippen molar-refractivity contribution in [1.82, 2.24) is 0 Å². The lowest BCUT2D eigenvalue weighted by molar-refractivity contribution is 0.0998. The van der Waals surface area contributed by atoms with E-state index in [9.17, 15) is 0 Å². The molecule has 0 saturated carbocycles. The molecule has 2 atom stereocenters. The zero-order valence-electron chi connectivity index (χ0n) is 11.0. The normalized spacial score (nSPS) is 14.5. The van der Waals surface area contributed by atoms with E-state index in [1.54, 1.807) is 0 Å². The molecule has 2 unspecified atom stereocenters. The molecular weight excluding hydrogens is 334 g/mol. The summed E-state index contributed by atoms with van der Waals surface area (Å²) in [7, 11) is 0. The van der Waals surface area contributed by atoms with Gasteiger partial charge in [-0.15, -0.1) is 46.4 Å². The Balaban J connectivity index is 3.30. The molecule has 0 radical (unpaired) electrons. The van der Waals surface area contributed by atoms with Crippen LogP contribution in [0.5, 0.6) is 0 Å². The van der Waals surface area contributed by atoms with Crippen LogP contribution in [0.2, 0.25) is 0 Å². The standard InChI is InChI=1S/C12H22Cl4O3/c13-3-7-17-5-1-11(15)9-19-10-12(16)2-6-18-8-4-14/h11-12H,1-10H2. The largest absolute Gasteiger partial charge is 0.380 e. The van der Waals surface area contributed by atoms with Gasteiger partial charge < -0.3 is 14.2 Å². The van der Waals surface area contributed by atoms with Gasteiger partial charge in [-0.2, -0.15) is 0 Å². The van der Waals surface area contributed by atoms with Crippen LogP contribution in [0.3, 0.4) is 0 Å². The molecule has 19 heavy (non-hydrogen) atoms. The second-order valence-corrected chi connectivity index (χ2v) is 5.90. The van der Waals surface area contributed by atoms with Gasteiger partial charge >= 0.3 is 0 Å².